The van der Waals surface area contributed by atoms with Gasteiger partial charge in [-0.25, -0.2) is 9.37 Å². The van der Waals surface area contributed by atoms with E-state index in [-0.39, 0.29) is 25.0 Å². The molecular formula is C34H36FN7O3. The first-order chi connectivity index (χ1) is 21.7. The standard InChI is InChI=1S/C34H36FN7O3/c1-22(2)42-15-14-37-30(42)8-5-13-38-32(44)33(45)40-20-23-6-3-4-7-29(23)31(43)41-34(11-12-34)26-16-24(17-27(35)18-26)25(19-36)21-39-28-9-10-28/h3-4,6-7,14-19,21-22,28H,9-13,20,36H2,1-2H3,(H,38,44)(H,40,45)(H,41,43). The van der Waals surface area contributed by atoms with Crippen molar-refractivity contribution in [3.05, 3.63) is 95.0 Å². The summed E-state index contributed by atoms with van der Waals surface area (Å²) < 4.78 is 16.7. The smallest absolute Gasteiger partial charge is 0.310 e. The summed E-state index contributed by atoms with van der Waals surface area (Å²) in [4.78, 5) is 46.9. The number of nitrogens with zero attached hydrogens (tertiary/aromatic N) is 3. The molecule has 1 heterocycles. The van der Waals surface area contributed by atoms with Crippen LogP contribution in [0.2, 0.25) is 0 Å². The minimum Gasteiger partial charge on any atom is -0.404 e. The maximum atomic E-state index is 14.8. The fourth-order valence-electron chi connectivity index (χ4n) is 4.86. The Morgan fingerprint density at radius 1 is 1.16 bits per heavy atom. The van der Waals surface area contributed by atoms with E-state index in [1.165, 1.54) is 18.3 Å². The predicted molar refractivity (Wildman–Crippen MR) is 169 cm³/mol. The van der Waals surface area contributed by atoms with Crippen LogP contribution in [-0.2, 0) is 21.7 Å². The van der Waals surface area contributed by atoms with Gasteiger partial charge in [0.25, 0.3) is 5.91 Å². The van der Waals surface area contributed by atoms with E-state index >= 15 is 0 Å². The van der Waals surface area contributed by atoms with Crippen molar-refractivity contribution < 1.29 is 18.8 Å². The van der Waals surface area contributed by atoms with Crippen LogP contribution in [0.15, 0.2) is 66.1 Å². The summed E-state index contributed by atoms with van der Waals surface area (Å²) in [5.74, 6) is 3.76. The van der Waals surface area contributed by atoms with Gasteiger partial charge >= 0.3 is 11.8 Å². The topological polar surface area (TPSA) is 144 Å². The molecule has 2 aliphatic carbocycles. The van der Waals surface area contributed by atoms with E-state index in [0.717, 1.165) is 12.8 Å². The van der Waals surface area contributed by atoms with Gasteiger partial charge in [-0.3, -0.25) is 19.4 Å². The van der Waals surface area contributed by atoms with Crippen LogP contribution in [-0.4, -0.2) is 46.1 Å². The number of aliphatic imine (C=N–C) groups is 1. The first kappa shape index (κ1) is 31.2. The molecule has 0 aliphatic heterocycles. The molecule has 45 heavy (non-hydrogen) atoms. The van der Waals surface area contributed by atoms with E-state index in [0.29, 0.717) is 52.5 Å². The quantitative estimate of drug-likeness (QED) is 0.158. The first-order valence-corrected chi connectivity index (χ1v) is 14.9. The lowest BCUT2D eigenvalue weighted by molar-refractivity contribution is -0.139. The highest BCUT2D eigenvalue weighted by Gasteiger charge is 2.46. The van der Waals surface area contributed by atoms with Gasteiger partial charge in [-0.15, -0.1) is 0 Å². The Kier molecular flexibility index (Phi) is 9.42. The molecule has 1 aromatic heterocycles. The molecule has 10 nitrogen and oxygen atoms in total. The average Bonchev–Trinajstić information content (AvgIpc) is 3.96. The van der Waals surface area contributed by atoms with Gasteiger partial charge in [-0.05, 0) is 86.4 Å². The molecule has 2 aliphatic rings. The molecule has 232 valence electrons. The van der Waals surface area contributed by atoms with Gasteiger partial charge in [0.05, 0.1) is 18.1 Å². The largest absolute Gasteiger partial charge is 0.404 e. The van der Waals surface area contributed by atoms with Crippen LogP contribution in [0.25, 0.3) is 5.57 Å². The van der Waals surface area contributed by atoms with Gasteiger partial charge in [0.1, 0.15) is 5.82 Å². The molecule has 0 atom stereocenters. The van der Waals surface area contributed by atoms with Gasteiger partial charge in [-0.1, -0.05) is 24.1 Å². The number of hydrogen-bond acceptors (Lipinski definition) is 6. The lowest BCUT2D eigenvalue weighted by atomic mass is 9.97. The van der Waals surface area contributed by atoms with E-state index < -0.39 is 23.2 Å². The molecular weight excluding hydrogens is 573 g/mol. The number of nitrogens with one attached hydrogen (secondary N) is 3. The number of aromatic nitrogens is 2. The van der Waals surface area contributed by atoms with Crippen molar-refractivity contribution in [1.82, 2.24) is 25.5 Å². The van der Waals surface area contributed by atoms with Crippen LogP contribution in [0.1, 0.15) is 78.4 Å². The molecule has 2 saturated carbocycles. The Hall–Kier alpha value is -5.24. The number of carbonyl (C=O) groups is 3. The van der Waals surface area contributed by atoms with Crippen LogP contribution in [0.4, 0.5) is 4.39 Å². The summed E-state index contributed by atoms with van der Waals surface area (Å²) in [5.41, 5.74) is 7.81. The zero-order valence-corrected chi connectivity index (χ0v) is 25.3. The molecule has 0 unspecified atom stereocenters. The van der Waals surface area contributed by atoms with Crippen LogP contribution < -0.4 is 21.7 Å². The van der Waals surface area contributed by atoms with Crippen molar-refractivity contribution in [2.45, 2.75) is 63.7 Å². The second kappa shape index (κ2) is 13.6. The molecule has 11 heteroatoms. The Morgan fingerprint density at radius 3 is 2.62 bits per heavy atom. The van der Waals surface area contributed by atoms with Crippen molar-refractivity contribution in [3.63, 3.8) is 0 Å². The molecule has 0 bridgehead atoms. The summed E-state index contributed by atoms with van der Waals surface area (Å²) in [7, 11) is 0. The number of amides is 3. The fourth-order valence-corrected chi connectivity index (χ4v) is 4.86. The van der Waals surface area contributed by atoms with Crippen LogP contribution in [0, 0.1) is 17.7 Å². The van der Waals surface area contributed by atoms with E-state index in [1.807, 2.05) is 30.7 Å². The second-order valence-corrected chi connectivity index (χ2v) is 11.5. The third kappa shape index (κ3) is 7.84. The van der Waals surface area contributed by atoms with Gasteiger partial charge < -0.3 is 26.3 Å². The Morgan fingerprint density at radius 2 is 1.91 bits per heavy atom. The SMILES string of the molecule is CC(C)n1ccnc1C#CCNC(=O)C(=O)NCc1ccccc1C(=O)NC1(c2cc(F)cc(C(C=NC3CC3)=CN)c2)CC1. The maximum Gasteiger partial charge on any atom is 0.310 e. The summed E-state index contributed by atoms with van der Waals surface area (Å²) in [6, 6.07) is 12.0. The summed E-state index contributed by atoms with van der Waals surface area (Å²) >= 11 is 0. The zero-order chi connectivity index (χ0) is 32.0. The number of allylic oxidation sites excluding steroid dienone is 1. The number of hydrogen-bond donors (Lipinski definition) is 4. The molecule has 0 saturated heterocycles. The zero-order valence-electron chi connectivity index (χ0n) is 25.3. The van der Waals surface area contributed by atoms with E-state index in [1.54, 1.807) is 36.7 Å². The predicted octanol–water partition coefficient (Wildman–Crippen LogP) is 3.34. The van der Waals surface area contributed by atoms with Crippen molar-refractivity contribution in [2.75, 3.05) is 6.54 Å². The third-order valence-corrected chi connectivity index (χ3v) is 7.71. The Bertz CT molecular complexity index is 1720. The molecule has 3 amide bonds. The molecule has 2 aromatic carbocycles. The van der Waals surface area contributed by atoms with Gasteiger partial charge in [0.15, 0.2) is 5.82 Å². The number of carbonyl (C=O) groups excluding carboxylic acids is 3. The van der Waals surface area contributed by atoms with Crippen LogP contribution in [0.3, 0.4) is 0 Å². The normalized spacial score (nSPS) is 15.3. The summed E-state index contributed by atoms with van der Waals surface area (Å²) in [6.07, 6.45) is 9.92. The molecule has 2 fully saturated rings. The highest BCUT2D eigenvalue weighted by molar-refractivity contribution is 6.35. The fraction of sp³-hybridized carbons (Fsp3) is 0.324. The van der Waals surface area contributed by atoms with Gasteiger partial charge in [-0.2, -0.15) is 0 Å². The highest BCUT2D eigenvalue weighted by Crippen LogP contribution is 2.46. The number of benzene rings is 2. The number of nitrogens with two attached hydrogens (primary N) is 1. The minimum atomic E-state index is -0.851. The molecule has 3 aromatic rings. The van der Waals surface area contributed by atoms with Crippen molar-refractivity contribution in [2.24, 2.45) is 10.7 Å². The van der Waals surface area contributed by atoms with Crippen LogP contribution >= 0.6 is 0 Å². The summed E-state index contributed by atoms with van der Waals surface area (Å²) in [6.45, 7) is 3.94. The van der Waals surface area contributed by atoms with Crippen molar-refractivity contribution >= 4 is 29.5 Å². The number of imidazole rings is 1. The highest BCUT2D eigenvalue weighted by atomic mass is 19.1. The van der Waals surface area contributed by atoms with Crippen LogP contribution in [0.5, 0.6) is 0 Å². The van der Waals surface area contributed by atoms with Gasteiger partial charge in [0.2, 0.25) is 0 Å². The minimum absolute atomic E-state index is 0.0318. The van der Waals surface area contributed by atoms with E-state index in [4.69, 9.17) is 5.73 Å². The Balaban J connectivity index is 1.20. The van der Waals surface area contributed by atoms with E-state index in [9.17, 15) is 18.8 Å². The Labute approximate surface area is 261 Å². The van der Waals surface area contributed by atoms with E-state index in [2.05, 4.69) is 37.8 Å². The lowest BCUT2D eigenvalue weighted by Crippen LogP contribution is -2.40. The van der Waals surface area contributed by atoms with Gasteiger partial charge in [0, 0.05) is 48.5 Å². The van der Waals surface area contributed by atoms with Crippen molar-refractivity contribution in [1.29, 1.82) is 0 Å². The number of halogens is 1. The lowest BCUT2D eigenvalue weighted by Gasteiger charge is -2.20. The summed E-state index contributed by atoms with van der Waals surface area (Å²) in [5, 5.41) is 8.11. The third-order valence-electron chi connectivity index (χ3n) is 7.71. The second-order valence-electron chi connectivity index (χ2n) is 11.5. The molecule has 0 radical (unpaired) electrons. The first-order valence-electron chi connectivity index (χ1n) is 14.9. The number of rotatable bonds is 10. The maximum absolute atomic E-state index is 14.8. The van der Waals surface area contributed by atoms with Crippen molar-refractivity contribution in [3.8, 4) is 11.8 Å². The average molecular weight is 610 g/mol. The molecule has 0 spiro atoms. The monoisotopic (exact) mass is 609 g/mol. The molecule has 5 N–H and O–H groups in total. The molecule has 5 rings (SSSR count).